The van der Waals surface area contributed by atoms with Gasteiger partial charge in [0.05, 0.1) is 5.56 Å². The topological polar surface area (TPSA) is 41.6 Å². The molecule has 2 N–H and O–H groups in total. The van der Waals surface area contributed by atoms with E-state index < -0.39 is 11.7 Å². The predicted molar refractivity (Wildman–Crippen MR) is 95.7 cm³/mol. The van der Waals surface area contributed by atoms with Crippen molar-refractivity contribution in [3.05, 3.63) is 35.4 Å². The van der Waals surface area contributed by atoms with Crippen LogP contribution < -0.4 is 5.73 Å². The van der Waals surface area contributed by atoms with E-state index in [1.165, 1.54) is 18.6 Å². The molecule has 7 heteroatoms. The maximum atomic E-state index is 12.4. The Morgan fingerprint density at radius 2 is 1.74 bits per heavy atom. The van der Waals surface area contributed by atoms with Crippen LogP contribution in [0.4, 0.5) is 13.2 Å². The number of rotatable bonds is 1. The number of piperidine rings is 1. The quantitative estimate of drug-likeness (QED) is 0.317. The van der Waals surface area contributed by atoms with Crippen molar-refractivity contribution in [2.75, 3.05) is 19.6 Å². The molecule has 0 spiro atoms. The fourth-order valence-electron chi connectivity index (χ4n) is 2.23. The molecule has 0 unspecified atom stereocenters. The Kier molecular flexibility index (Phi) is 7.68. The van der Waals surface area contributed by atoms with E-state index in [0.717, 1.165) is 38.1 Å². The molecule has 1 heterocycles. The zero-order valence-electron chi connectivity index (χ0n) is 12.6. The van der Waals surface area contributed by atoms with Gasteiger partial charge in [0.25, 0.3) is 0 Å². The normalized spacial score (nSPS) is 15.4. The zero-order chi connectivity index (χ0) is 16.0. The average Bonchev–Trinajstić information content (AvgIpc) is 2.52. The van der Waals surface area contributed by atoms with Crippen molar-refractivity contribution in [1.82, 2.24) is 4.90 Å². The Morgan fingerprint density at radius 1 is 1.13 bits per heavy atom. The zero-order valence-corrected chi connectivity index (χ0v) is 14.9. The van der Waals surface area contributed by atoms with Gasteiger partial charge in [0.15, 0.2) is 5.96 Å². The minimum absolute atomic E-state index is 0. The lowest BCUT2D eigenvalue weighted by Crippen LogP contribution is -2.40. The summed E-state index contributed by atoms with van der Waals surface area (Å²) in [4.78, 5) is 6.22. The fourth-order valence-corrected chi connectivity index (χ4v) is 2.23. The highest BCUT2D eigenvalue weighted by Gasteiger charge is 2.29. The van der Waals surface area contributed by atoms with E-state index in [1.54, 1.807) is 0 Å². The van der Waals surface area contributed by atoms with Crippen LogP contribution in [-0.4, -0.2) is 30.5 Å². The lowest BCUT2D eigenvalue weighted by Gasteiger charge is -2.27. The van der Waals surface area contributed by atoms with Gasteiger partial charge >= 0.3 is 6.18 Å². The molecular weight excluding hydrogens is 418 g/mol. The number of aliphatic imine (C=N–C) groups is 1. The molecule has 1 fully saturated rings. The lowest BCUT2D eigenvalue weighted by atomic mass is 10.1. The molecule has 0 atom stereocenters. The number of nitrogens with two attached hydrogens (primary N) is 1. The van der Waals surface area contributed by atoms with Gasteiger partial charge in [-0.15, -0.1) is 24.0 Å². The second-order valence-corrected chi connectivity index (χ2v) is 5.10. The van der Waals surface area contributed by atoms with Crippen molar-refractivity contribution in [1.29, 1.82) is 0 Å². The molecule has 1 aliphatic rings. The highest BCUT2D eigenvalue weighted by molar-refractivity contribution is 14.0. The summed E-state index contributed by atoms with van der Waals surface area (Å²) in [7, 11) is 0. The van der Waals surface area contributed by atoms with E-state index in [0.29, 0.717) is 11.5 Å². The van der Waals surface area contributed by atoms with Gasteiger partial charge in [-0.05, 0) is 43.5 Å². The van der Waals surface area contributed by atoms with Crippen LogP contribution in [0.15, 0.2) is 29.3 Å². The second kappa shape index (κ2) is 9.01. The third-order valence-electron chi connectivity index (χ3n) is 3.45. The van der Waals surface area contributed by atoms with Gasteiger partial charge in [0.1, 0.15) is 6.54 Å². The molecule has 3 nitrogen and oxygen atoms in total. The first-order valence-electron chi connectivity index (χ1n) is 7.18. The number of halogens is 4. The monoisotopic (exact) mass is 437 g/mol. The number of hydrogen-bond acceptors (Lipinski definition) is 1. The number of hydrogen-bond donors (Lipinski definition) is 1. The van der Waals surface area contributed by atoms with E-state index in [1.807, 2.05) is 4.90 Å². The van der Waals surface area contributed by atoms with E-state index in [4.69, 9.17) is 5.73 Å². The van der Waals surface area contributed by atoms with Crippen LogP contribution in [0.1, 0.15) is 30.4 Å². The largest absolute Gasteiger partial charge is 0.416 e. The number of alkyl halides is 3. The average molecular weight is 437 g/mol. The number of likely N-dealkylation sites (tertiary alicyclic amines) is 1. The summed E-state index contributed by atoms with van der Waals surface area (Å²) < 4.78 is 37.3. The number of benzene rings is 1. The molecule has 0 saturated carbocycles. The molecule has 1 aromatic rings. The summed E-state index contributed by atoms with van der Waals surface area (Å²) in [6.07, 6.45) is -0.864. The molecule has 0 amide bonds. The van der Waals surface area contributed by atoms with Crippen molar-refractivity contribution in [2.45, 2.75) is 25.4 Å². The van der Waals surface area contributed by atoms with Crippen LogP contribution in [0.5, 0.6) is 0 Å². The second-order valence-electron chi connectivity index (χ2n) is 5.10. The van der Waals surface area contributed by atoms with E-state index >= 15 is 0 Å². The summed E-state index contributed by atoms with van der Waals surface area (Å²) in [5.74, 6) is 6.07. The van der Waals surface area contributed by atoms with Crippen LogP contribution in [0.2, 0.25) is 0 Å². The highest BCUT2D eigenvalue weighted by Crippen LogP contribution is 2.28. The number of nitrogens with zero attached hydrogens (tertiary/aromatic N) is 2. The molecule has 1 aliphatic heterocycles. The Balaban J connectivity index is 0.00000264. The number of guanidine groups is 1. The molecule has 0 aliphatic carbocycles. The van der Waals surface area contributed by atoms with Crippen molar-refractivity contribution in [3.63, 3.8) is 0 Å². The minimum Gasteiger partial charge on any atom is -0.370 e. The van der Waals surface area contributed by atoms with Gasteiger partial charge in [-0.1, -0.05) is 11.8 Å². The maximum Gasteiger partial charge on any atom is 0.416 e. The van der Waals surface area contributed by atoms with Gasteiger partial charge < -0.3 is 10.6 Å². The summed E-state index contributed by atoms with van der Waals surface area (Å²) in [5.41, 5.74) is 5.73. The minimum atomic E-state index is -4.32. The molecule has 0 radical (unpaired) electrons. The van der Waals surface area contributed by atoms with Crippen molar-refractivity contribution in [2.24, 2.45) is 10.7 Å². The molecular formula is C16H19F3IN3. The van der Waals surface area contributed by atoms with E-state index in [2.05, 4.69) is 16.8 Å². The van der Waals surface area contributed by atoms with E-state index in [9.17, 15) is 13.2 Å². The van der Waals surface area contributed by atoms with Gasteiger partial charge in [-0.3, -0.25) is 0 Å². The van der Waals surface area contributed by atoms with Gasteiger partial charge in [-0.25, -0.2) is 4.99 Å². The Hall–Kier alpha value is -1.43. The summed E-state index contributed by atoms with van der Waals surface area (Å²) in [6, 6.07) is 4.76. The van der Waals surface area contributed by atoms with Crippen molar-refractivity contribution in [3.8, 4) is 11.8 Å². The first-order chi connectivity index (χ1) is 10.5. The third kappa shape index (κ3) is 6.29. The predicted octanol–water partition coefficient (Wildman–Crippen LogP) is 3.48. The van der Waals surface area contributed by atoms with Crippen LogP contribution in [0.25, 0.3) is 0 Å². The van der Waals surface area contributed by atoms with Gasteiger partial charge in [0.2, 0.25) is 0 Å². The van der Waals surface area contributed by atoms with Gasteiger partial charge in [0, 0.05) is 18.7 Å². The smallest absolute Gasteiger partial charge is 0.370 e. The first kappa shape index (κ1) is 19.6. The van der Waals surface area contributed by atoms with Crippen molar-refractivity contribution >= 4 is 29.9 Å². The maximum absolute atomic E-state index is 12.4. The molecule has 1 saturated heterocycles. The lowest BCUT2D eigenvalue weighted by molar-refractivity contribution is -0.137. The molecule has 23 heavy (non-hydrogen) atoms. The summed E-state index contributed by atoms with van der Waals surface area (Å²) in [5, 5.41) is 0. The third-order valence-corrected chi connectivity index (χ3v) is 3.45. The molecule has 0 aromatic heterocycles. The van der Waals surface area contributed by atoms with E-state index in [-0.39, 0.29) is 30.5 Å². The standard InChI is InChI=1S/C16H18F3N3.HI/c17-16(18,19)14-8-6-13(7-9-14)5-4-10-21-15(20)22-11-2-1-3-12-22;/h6-9H,1-3,10-12H2,(H2,20,21);1H. The van der Waals surface area contributed by atoms with Crippen molar-refractivity contribution < 1.29 is 13.2 Å². The molecule has 126 valence electrons. The molecule has 2 rings (SSSR count). The van der Waals surface area contributed by atoms with Crippen LogP contribution in [-0.2, 0) is 6.18 Å². The fraction of sp³-hybridized carbons (Fsp3) is 0.438. The Labute approximate surface area is 151 Å². The van der Waals surface area contributed by atoms with Crippen LogP contribution in [0.3, 0.4) is 0 Å². The summed E-state index contributed by atoms with van der Waals surface area (Å²) >= 11 is 0. The Morgan fingerprint density at radius 3 is 2.30 bits per heavy atom. The summed E-state index contributed by atoms with van der Waals surface area (Å²) in [6.45, 7) is 2.08. The molecule has 1 aromatic carbocycles. The van der Waals surface area contributed by atoms with Crippen LogP contribution in [0, 0.1) is 11.8 Å². The highest BCUT2D eigenvalue weighted by atomic mass is 127. The van der Waals surface area contributed by atoms with Crippen LogP contribution >= 0.6 is 24.0 Å². The first-order valence-corrected chi connectivity index (χ1v) is 7.18. The van der Waals surface area contributed by atoms with Gasteiger partial charge in [-0.2, -0.15) is 13.2 Å². The Bertz CT molecular complexity index is 579. The SMILES string of the molecule is I.NC(=NCC#Cc1ccc(C(F)(F)F)cc1)N1CCCCC1. The molecule has 0 bridgehead atoms.